The molecule has 0 aliphatic carbocycles. The van der Waals surface area contributed by atoms with Gasteiger partial charge >= 0.3 is 5.97 Å². The van der Waals surface area contributed by atoms with Crippen molar-refractivity contribution in [1.82, 2.24) is 10.2 Å². The van der Waals surface area contributed by atoms with Crippen molar-refractivity contribution in [3.8, 4) is 0 Å². The number of nitrogens with zero attached hydrogens (tertiary/aromatic N) is 1. The van der Waals surface area contributed by atoms with Crippen molar-refractivity contribution in [1.29, 1.82) is 0 Å². The summed E-state index contributed by atoms with van der Waals surface area (Å²) in [7, 11) is 0. The van der Waals surface area contributed by atoms with Gasteiger partial charge in [0.1, 0.15) is 11.8 Å². The predicted octanol–water partition coefficient (Wildman–Crippen LogP) is 0.901. The Balaban J connectivity index is 2.03. The molecule has 1 unspecified atom stereocenters. The Morgan fingerprint density at radius 3 is 3.12 bits per heavy atom. The van der Waals surface area contributed by atoms with E-state index in [1.165, 1.54) is 0 Å². The van der Waals surface area contributed by atoms with Crippen LogP contribution in [0.5, 0.6) is 0 Å². The number of nitrogens with one attached hydrogen (secondary N) is 1. The highest BCUT2D eigenvalue weighted by atomic mass is 79.9. The number of carboxylic acid groups (broad SMARTS) is 1. The Labute approximate surface area is 102 Å². The van der Waals surface area contributed by atoms with E-state index in [0.717, 1.165) is 18.8 Å². The highest BCUT2D eigenvalue weighted by Gasteiger charge is 2.28. The standard InChI is InChI=1S/C10H13BrN2O3/c11-9-2-1-7(16-9)6-13-4-3-12-5-8(13)10(14)15/h1-2,8,12H,3-6H2,(H,14,15). The molecular weight excluding hydrogens is 276 g/mol. The lowest BCUT2D eigenvalue weighted by Gasteiger charge is -2.32. The molecule has 5 nitrogen and oxygen atoms in total. The van der Waals surface area contributed by atoms with Gasteiger partial charge in [0.15, 0.2) is 4.67 Å². The first kappa shape index (κ1) is 11.6. The molecule has 1 fully saturated rings. The molecule has 0 spiro atoms. The van der Waals surface area contributed by atoms with Gasteiger partial charge in [-0.25, -0.2) is 0 Å². The molecule has 0 saturated carbocycles. The first-order chi connectivity index (χ1) is 7.66. The summed E-state index contributed by atoms with van der Waals surface area (Å²) in [6.07, 6.45) is 0. The van der Waals surface area contributed by atoms with E-state index >= 15 is 0 Å². The lowest BCUT2D eigenvalue weighted by Crippen LogP contribution is -2.54. The van der Waals surface area contributed by atoms with Gasteiger partial charge < -0.3 is 14.8 Å². The third kappa shape index (κ3) is 2.63. The zero-order valence-corrected chi connectivity index (χ0v) is 10.2. The Morgan fingerprint density at radius 2 is 2.50 bits per heavy atom. The van der Waals surface area contributed by atoms with Crippen LogP contribution in [0.1, 0.15) is 5.76 Å². The molecule has 2 rings (SSSR count). The molecule has 1 aliphatic rings. The first-order valence-corrected chi connectivity index (χ1v) is 5.88. The first-order valence-electron chi connectivity index (χ1n) is 5.08. The Kier molecular flexibility index (Phi) is 3.63. The van der Waals surface area contributed by atoms with E-state index in [-0.39, 0.29) is 0 Å². The number of halogens is 1. The van der Waals surface area contributed by atoms with E-state index in [9.17, 15) is 4.79 Å². The normalized spacial score (nSPS) is 22.2. The summed E-state index contributed by atoms with van der Waals surface area (Å²) in [6, 6.07) is 3.19. The predicted molar refractivity (Wildman–Crippen MR) is 61.1 cm³/mol. The summed E-state index contributed by atoms with van der Waals surface area (Å²) in [5, 5.41) is 12.1. The second-order valence-electron chi connectivity index (χ2n) is 3.73. The van der Waals surface area contributed by atoms with Gasteiger partial charge in [-0.15, -0.1) is 0 Å². The third-order valence-corrected chi connectivity index (χ3v) is 3.05. The number of carboxylic acids is 1. The molecule has 6 heteroatoms. The van der Waals surface area contributed by atoms with Crippen molar-refractivity contribution in [3.63, 3.8) is 0 Å². The second kappa shape index (κ2) is 4.99. The number of piperazine rings is 1. The number of aliphatic carboxylic acids is 1. The minimum Gasteiger partial charge on any atom is -0.480 e. The van der Waals surface area contributed by atoms with Crippen molar-refractivity contribution < 1.29 is 14.3 Å². The molecule has 0 amide bonds. The smallest absolute Gasteiger partial charge is 0.322 e. The molecule has 1 saturated heterocycles. The SMILES string of the molecule is O=C(O)C1CNCCN1Cc1ccc(Br)o1. The van der Waals surface area contributed by atoms with Crippen molar-refractivity contribution in [3.05, 3.63) is 22.6 Å². The van der Waals surface area contributed by atoms with Crippen LogP contribution in [0.25, 0.3) is 0 Å². The fourth-order valence-electron chi connectivity index (χ4n) is 1.82. The Bertz CT molecular complexity index is 380. The molecular formula is C10H13BrN2O3. The zero-order chi connectivity index (χ0) is 11.5. The maximum Gasteiger partial charge on any atom is 0.322 e. The Morgan fingerprint density at radius 1 is 1.69 bits per heavy atom. The van der Waals surface area contributed by atoms with Gasteiger partial charge in [0, 0.05) is 19.6 Å². The van der Waals surface area contributed by atoms with Crippen molar-refractivity contribution in [2.24, 2.45) is 0 Å². The molecule has 1 aromatic rings. The summed E-state index contributed by atoms with van der Waals surface area (Å²) in [5.74, 6) is -0.0159. The van der Waals surface area contributed by atoms with Gasteiger partial charge in [0.2, 0.25) is 0 Å². The Hall–Kier alpha value is -0.850. The summed E-state index contributed by atoms with van der Waals surface area (Å²) < 4.78 is 6.05. The molecule has 0 bridgehead atoms. The van der Waals surface area contributed by atoms with Gasteiger partial charge in [-0.2, -0.15) is 0 Å². The van der Waals surface area contributed by atoms with Crippen LogP contribution < -0.4 is 5.32 Å². The van der Waals surface area contributed by atoms with Gasteiger partial charge in [-0.05, 0) is 28.1 Å². The number of furan rings is 1. The van der Waals surface area contributed by atoms with Crippen molar-refractivity contribution in [2.45, 2.75) is 12.6 Å². The van der Waals surface area contributed by atoms with Crippen LogP contribution in [-0.4, -0.2) is 41.7 Å². The van der Waals surface area contributed by atoms with Crippen molar-refractivity contribution >= 4 is 21.9 Å². The summed E-state index contributed by atoms with van der Waals surface area (Å²) >= 11 is 3.23. The van der Waals surface area contributed by atoms with Crippen LogP contribution in [0.4, 0.5) is 0 Å². The molecule has 2 N–H and O–H groups in total. The molecule has 2 heterocycles. The fraction of sp³-hybridized carbons (Fsp3) is 0.500. The average molecular weight is 289 g/mol. The number of hydrogen-bond acceptors (Lipinski definition) is 4. The van der Waals surface area contributed by atoms with E-state index < -0.39 is 12.0 Å². The van der Waals surface area contributed by atoms with Crippen LogP contribution in [-0.2, 0) is 11.3 Å². The van der Waals surface area contributed by atoms with Crippen molar-refractivity contribution in [2.75, 3.05) is 19.6 Å². The van der Waals surface area contributed by atoms with Gasteiger partial charge in [0.05, 0.1) is 6.54 Å². The molecule has 1 aromatic heterocycles. The number of rotatable bonds is 3. The van der Waals surface area contributed by atoms with Crippen LogP contribution >= 0.6 is 15.9 Å². The second-order valence-corrected chi connectivity index (χ2v) is 4.52. The molecule has 0 aromatic carbocycles. The summed E-state index contributed by atoms with van der Waals surface area (Å²) in [4.78, 5) is 12.9. The van der Waals surface area contributed by atoms with E-state index in [0.29, 0.717) is 17.8 Å². The van der Waals surface area contributed by atoms with E-state index in [1.54, 1.807) is 0 Å². The molecule has 0 radical (unpaired) electrons. The van der Waals surface area contributed by atoms with Crippen LogP contribution in [0.3, 0.4) is 0 Å². The average Bonchev–Trinajstić information content (AvgIpc) is 2.64. The number of hydrogen-bond donors (Lipinski definition) is 2. The summed E-state index contributed by atoms with van der Waals surface area (Å²) in [5.41, 5.74) is 0. The number of carbonyl (C=O) groups is 1. The third-order valence-electron chi connectivity index (χ3n) is 2.63. The van der Waals surface area contributed by atoms with E-state index in [4.69, 9.17) is 9.52 Å². The highest BCUT2D eigenvalue weighted by Crippen LogP contribution is 2.17. The molecule has 1 atom stereocenters. The van der Waals surface area contributed by atoms with Gasteiger partial charge in [-0.1, -0.05) is 0 Å². The van der Waals surface area contributed by atoms with E-state index in [1.807, 2.05) is 17.0 Å². The molecule has 16 heavy (non-hydrogen) atoms. The highest BCUT2D eigenvalue weighted by molar-refractivity contribution is 9.10. The fourth-order valence-corrected chi connectivity index (χ4v) is 2.16. The quantitative estimate of drug-likeness (QED) is 0.865. The largest absolute Gasteiger partial charge is 0.480 e. The molecule has 1 aliphatic heterocycles. The van der Waals surface area contributed by atoms with E-state index in [2.05, 4.69) is 21.2 Å². The van der Waals surface area contributed by atoms with Crippen LogP contribution in [0.2, 0.25) is 0 Å². The maximum absolute atomic E-state index is 11.0. The summed E-state index contributed by atoms with van der Waals surface area (Å²) in [6.45, 7) is 2.54. The van der Waals surface area contributed by atoms with Gasteiger partial charge in [-0.3, -0.25) is 9.69 Å². The minimum atomic E-state index is -0.794. The topological polar surface area (TPSA) is 65.7 Å². The lowest BCUT2D eigenvalue weighted by molar-refractivity contribution is -0.144. The minimum absolute atomic E-state index is 0.474. The lowest BCUT2D eigenvalue weighted by atomic mass is 10.2. The molecule has 88 valence electrons. The van der Waals surface area contributed by atoms with Gasteiger partial charge in [0.25, 0.3) is 0 Å². The monoisotopic (exact) mass is 288 g/mol. The van der Waals surface area contributed by atoms with Crippen LogP contribution in [0, 0.1) is 0 Å². The van der Waals surface area contributed by atoms with Crippen LogP contribution in [0.15, 0.2) is 21.2 Å². The zero-order valence-electron chi connectivity index (χ0n) is 8.65. The maximum atomic E-state index is 11.0.